The average Bonchev–Trinajstić information content (AvgIpc) is 2.63. The number of esters is 1. The molecule has 0 heterocycles. The highest BCUT2D eigenvalue weighted by Gasteiger charge is 2.17. The van der Waals surface area contributed by atoms with Gasteiger partial charge in [0.25, 0.3) is 0 Å². The molecule has 0 aromatic heterocycles. The van der Waals surface area contributed by atoms with E-state index in [0.29, 0.717) is 11.3 Å². The lowest BCUT2D eigenvalue weighted by Gasteiger charge is -2.23. The Morgan fingerprint density at radius 1 is 1.07 bits per heavy atom. The van der Waals surface area contributed by atoms with Crippen LogP contribution in [0.15, 0.2) is 42.5 Å². The number of hydrogen-bond donors (Lipinski definition) is 1. The Kier molecular flexibility index (Phi) is 7.32. The molecular formula is C22H26N2O4. The van der Waals surface area contributed by atoms with Crippen LogP contribution in [-0.2, 0) is 14.3 Å². The number of hydrogen-bond acceptors (Lipinski definition) is 4. The van der Waals surface area contributed by atoms with Gasteiger partial charge in [-0.3, -0.25) is 9.59 Å². The summed E-state index contributed by atoms with van der Waals surface area (Å²) in [4.78, 5) is 38.2. The number of rotatable bonds is 7. The Balaban J connectivity index is 2.08. The summed E-state index contributed by atoms with van der Waals surface area (Å²) in [5.74, 6) is -0.904. The summed E-state index contributed by atoms with van der Waals surface area (Å²) in [7, 11) is 0. The number of carbonyl (C=O) groups is 3. The zero-order valence-electron chi connectivity index (χ0n) is 16.7. The van der Waals surface area contributed by atoms with Crippen molar-refractivity contribution < 1.29 is 19.1 Å². The van der Waals surface area contributed by atoms with Crippen LogP contribution in [0.2, 0.25) is 0 Å². The van der Waals surface area contributed by atoms with Crippen molar-refractivity contribution in [1.82, 2.24) is 0 Å². The second-order valence-electron chi connectivity index (χ2n) is 6.52. The first kappa shape index (κ1) is 21.2. The minimum absolute atomic E-state index is 0.101. The average molecular weight is 382 g/mol. The van der Waals surface area contributed by atoms with E-state index < -0.39 is 5.97 Å². The van der Waals surface area contributed by atoms with Gasteiger partial charge in [-0.15, -0.1) is 0 Å². The fourth-order valence-corrected chi connectivity index (χ4v) is 2.96. The molecule has 6 nitrogen and oxygen atoms in total. The molecule has 2 amide bonds. The number of benzene rings is 2. The maximum atomic E-state index is 12.4. The molecule has 0 saturated carbocycles. The molecule has 148 valence electrons. The van der Waals surface area contributed by atoms with Gasteiger partial charge in [0, 0.05) is 25.6 Å². The third-order valence-electron chi connectivity index (χ3n) is 4.28. The summed E-state index contributed by atoms with van der Waals surface area (Å²) in [6.45, 7) is 7.63. The van der Waals surface area contributed by atoms with Crippen molar-refractivity contribution in [2.24, 2.45) is 0 Å². The van der Waals surface area contributed by atoms with Crippen LogP contribution in [0, 0.1) is 13.8 Å². The highest BCUT2D eigenvalue weighted by atomic mass is 16.5. The molecule has 1 N–H and O–H groups in total. The summed E-state index contributed by atoms with van der Waals surface area (Å²) < 4.78 is 5.02. The van der Waals surface area contributed by atoms with E-state index in [1.165, 1.54) is 6.92 Å². The molecule has 2 rings (SSSR count). The van der Waals surface area contributed by atoms with Crippen LogP contribution in [0.5, 0.6) is 0 Å². The van der Waals surface area contributed by atoms with Crippen LogP contribution in [0.25, 0.3) is 0 Å². The van der Waals surface area contributed by atoms with Gasteiger partial charge in [0.15, 0.2) is 0 Å². The monoisotopic (exact) mass is 382 g/mol. The van der Waals surface area contributed by atoms with E-state index in [0.717, 1.165) is 16.8 Å². The summed E-state index contributed by atoms with van der Waals surface area (Å²) in [6.07, 6.45) is 0.101. The summed E-state index contributed by atoms with van der Waals surface area (Å²) in [5, 5.41) is 2.74. The van der Waals surface area contributed by atoms with Crippen LogP contribution >= 0.6 is 0 Å². The molecule has 0 fully saturated rings. The number of para-hydroxylation sites is 1. The minimum Gasteiger partial charge on any atom is -0.462 e. The van der Waals surface area contributed by atoms with Crippen LogP contribution in [0.1, 0.15) is 41.8 Å². The van der Waals surface area contributed by atoms with Crippen LogP contribution in [0.4, 0.5) is 11.4 Å². The van der Waals surface area contributed by atoms with Gasteiger partial charge in [-0.2, -0.15) is 0 Å². The third kappa shape index (κ3) is 5.42. The van der Waals surface area contributed by atoms with Gasteiger partial charge < -0.3 is 15.0 Å². The van der Waals surface area contributed by atoms with Crippen molar-refractivity contribution in [2.45, 2.75) is 34.1 Å². The fraction of sp³-hybridized carbons (Fsp3) is 0.318. The standard InChI is InChI=1S/C22H26N2O4/c1-5-28-22(27)18-8-6-7-9-19(18)23-21(26)12-13-24(17(4)25)20-11-10-15(2)14-16(20)3/h6-11,14H,5,12-13H2,1-4H3,(H,23,26). The summed E-state index contributed by atoms with van der Waals surface area (Å²) >= 11 is 0. The predicted octanol–water partition coefficient (Wildman–Crippen LogP) is 3.86. The maximum Gasteiger partial charge on any atom is 0.340 e. The lowest BCUT2D eigenvalue weighted by molar-refractivity contribution is -0.117. The molecule has 0 aliphatic carbocycles. The molecule has 0 spiro atoms. The first-order valence-corrected chi connectivity index (χ1v) is 9.24. The molecule has 0 unspecified atom stereocenters. The predicted molar refractivity (Wildman–Crippen MR) is 110 cm³/mol. The number of nitrogens with one attached hydrogen (secondary N) is 1. The molecule has 0 bridgehead atoms. The number of aryl methyl sites for hydroxylation is 2. The number of amides is 2. The van der Waals surface area contributed by atoms with Gasteiger partial charge in [-0.1, -0.05) is 29.8 Å². The van der Waals surface area contributed by atoms with Crippen LogP contribution in [-0.4, -0.2) is 30.9 Å². The zero-order chi connectivity index (χ0) is 20.7. The topological polar surface area (TPSA) is 75.7 Å². The van der Waals surface area contributed by atoms with Crippen LogP contribution in [0.3, 0.4) is 0 Å². The third-order valence-corrected chi connectivity index (χ3v) is 4.28. The van der Waals surface area contributed by atoms with Crippen molar-refractivity contribution in [2.75, 3.05) is 23.4 Å². The molecule has 0 saturated heterocycles. The van der Waals surface area contributed by atoms with Gasteiger partial charge in [0.05, 0.1) is 17.9 Å². The Bertz CT molecular complexity index is 877. The lowest BCUT2D eigenvalue weighted by Crippen LogP contribution is -2.32. The van der Waals surface area contributed by atoms with E-state index in [2.05, 4.69) is 5.32 Å². The summed E-state index contributed by atoms with van der Waals surface area (Å²) in [6, 6.07) is 12.5. The van der Waals surface area contributed by atoms with Crippen molar-refractivity contribution in [3.05, 3.63) is 59.2 Å². The van der Waals surface area contributed by atoms with E-state index in [9.17, 15) is 14.4 Å². The van der Waals surface area contributed by atoms with E-state index in [4.69, 9.17) is 4.74 Å². The molecule has 2 aromatic carbocycles. The fourth-order valence-electron chi connectivity index (χ4n) is 2.96. The molecule has 0 aliphatic rings. The van der Waals surface area contributed by atoms with E-state index in [1.54, 1.807) is 36.1 Å². The Hall–Kier alpha value is -3.15. The molecular weight excluding hydrogens is 356 g/mol. The highest BCUT2D eigenvalue weighted by Crippen LogP contribution is 2.22. The molecule has 2 aromatic rings. The van der Waals surface area contributed by atoms with Crippen molar-refractivity contribution in [3.8, 4) is 0 Å². The van der Waals surface area contributed by atoms with Crippen molar-refractivity contribution in [1.29, 1.82) is 0 Å². The molecule has 6 heteroatoms. The van der Waals surface area contributed by atoms with Gasteiger partial charge in [0.2, 0.25) is 11.8 Å². The van der Waals surface area contributed by atoms with Crippen LogP contribution < -0.4 is 10.2 Å². The molecule has 0 radical (unpaired) electrons. The van der Waals surface area contributed by atoms with Crippen molar-refractivity contribution >= 4 is 29.2 Å². The first-order chi connectivity index (χ1) is 13.3. The van der Waals surface area contributed by atoms with Gasteiger partial charge >= 0.3 is 5.97 Å². The second kappa shape index (κ2) is 9.69. The summed E-state index contributed by atoms with van der Waals surface area (Å²) in [5.41, 5.74) is 3.57. The second-order valence-corrected chi connectivity index (χ2v) is 6.52. The molecule has 28 heavy (non-hydrogen) atoms. The Morgan fingerprint density at radius 3 is 2.43 bits per heavy atom. The normalized spacial score (nSPS) is 10.3. The number of carbonyl (C=O) groups excluding carboxylic acids is 3. The van der Waals surface area contributed by atoms with Gasteiger partial charge in [-0.25, -0.2) is 4.79 Å². The van der Waals surface area contributed by atoms with Crippen molar-refractivity contribution in [3.63, 3.8) is 0 Å². The molecule has 0 aliphatic heterocycles. The largest absolute Gasteiger partial charge is 0.462 e. The lowest BCUT2D eigenvalue weighted by atomic mass is 10.1. The van der Waals surface area contributed by atoms with Gasteiger partial charge in [-0.05, 0) is 44.5 Å². The number of nitrogens with zero attached hydrogens (tertiary/aromatic N) is 1. The quantitative estimate of drug-likeness (QED) is 0.738. The maximum absolute atomic E-state index is 12.4. The smallest absolute Gasteiger partial charge is 0.340 e. The molecule has 0 atom stereocenters. The number of anilines is 2. The van der Waals surface area contributed by atoms with E-state index in [-0.39, 0.29) is 31.4 Å². The Labute approximate surface area is 165 Å². The SMILES string of the molecule is CCOC(=O)c1ccccc1NC(=O)CCN(C(C)=O)c1ccc(C)cc1C. The van der Waals surface area contributed by atoms with Gasteiger partial charge in [0.1, 0.15) is 0 Å². The highest BCUT2D eigenvalue weighted by molar-refractivity contribution is 6.01. The number of ether oxygens (including phenoxy) is 1. The minimum atomic E-state index is -0.487. The van der Waals surface area contributed by atoms with E-state index in [1.807, 2.05) is 32.0 Å². The Morgan fingerprint density at radius 2 is 1.79 bits per heavy atom. The van der Waals surface area contributed by atoms with E-state index >= 15 is 0 Å². The zero-order valence-corrected chi connectivity index (χ0v) is 16.7. The first-order valence-electron chi connectivity index (χ1n) is 9.24.